The van der Waals surface area contributed by atoms with Crippen molar-refractivity contribution in [1.29, 1.82) is 0 Å². The maximum absolute atomic E-state index is 12.4. The van der Waals surface area contributed by atoms with Gasteiger partial charge in [-0.05, 0) is 43.5 Å². The highest BCUT2D eigenvalue weighted by molar-refractivity contribution is 7.99. The van der Waals surface area contributed by atoms with Gasteiger partial charge in [-0.1, -0.05) is 75.2 Å². The van der Waals surface area contributed by atoms with Gasteiger partial charge < -0.3 is 9.88 Å². The highest BCUT2D eigenvalue weighted by Gasteiger charge is 2.19. The molecule has 0 bridgehead atoms. The van der Waals surface area contributed by atoms with Gasteiger partial charge in [0, 0.05) is 23.2 Å². The van der Waals surface area contributed by atoms with E-state index >= 15 is 0 Å². The van der Waals surface area contributed by atoms with Gasteiger partial charge in [0.05, 0.1) is 5.75 Å². The molecule has 0 spiro atoms. The third kappa shape index (κ3) is 7.02. The zero-order valence-corrected chi connectivity index (χ0v) is 19.5. The van der Waals surface area contributed by atoms with Crippen LogP contribution >= 0.6 is 23.4 Å². The van der Waals surface area contributed by atoms with Crippen LogP contribution in [0.4, 0.5) is 0 Å². The predicted molar refractivity (Wildman–Crippen MR) is 125 cm³/mol. The molecule has 164 valence electrons. The normalized spacial score (nSPS) is 14.3. The number of amides is 1. The molecule has 1 aliphatic rings. The molecular weight excluding hydrogens is 416 g/mol. The summed E-state index contributed by atoms with van der Waals surface area (Å²) in [5, 5.41) is 13.5. The summed E-state index contributed by atoms with van der Waals surface area (Å²) in [6.07, 6.45) is 12.1. The van der Waals surface area contributed by atoms with Gasteiger partial charge in [0.2, 0.25) is 5.91 Å². The molecule has 1 saturated carbocycles. The molecule has 0 atom stereocenters. The fourth-order valence-electron chi connectivity index (χ4n) is 3.93. The number of benzene rings is 1. The Balaban J connectivity index is 1.63. The minimum Gasteiger partial charge on any atom is -0.353 e. The lowest BCUT2D eigenvalue weighted by molar-refractivity contribution is -0.119. The van der Waals surface area contributed by atoms with E-state index in [0.717, 1.165) is 42.4 Å². The first kappa shape index (κ1) is 23.1. The summed E-state index contributed by atoms with van der Waals surface area (Å²) in [7, 11) is 0. The van der Waals surface area contributed by atoms with Crippen LogP contribution in [0.25, 0.3) is 11.4 Å². The first-order valence-corrected chi connectivity index (χ1v) is 12.6. The number of carbonyl (C=O) groups excluding carboxylic acids is 1. The van der Waals surface area contributed by atoms with E-state index in [1.807, 2.05) is 24.3 Å². The first-order chi connectivity index (χ1) is 14.7. The summed E-state index contributed by atoms with van der Waals surface area (Å²) in [6, 6.07) is 8.06. The van der Waals surface area contributed by atoms with E-state index in [2.05, 4.69) is 27.0 Å². The molecule has 1 fully saturated rings. The lowest BCUT2D eigenvalue weighted by atomic mass is 10.1. The maximum Gasteiger partial charge on any atom is 0.230 e. The Morgan fingerprint density at radius 2 is 1.80 bits per heavy atom. The highest BCUT2D eigenvalue weighted by Crippen LogP contribution is 2.26. The van der Waals surface area contributed by atoms with Crippen LogP contribution in [0.5, 0.6) is 0 Å². The number of halogens is 1. The van der Waals surface area contributed by atoms with Crippen LogP contribution in [-0.4, -0.2) is 32.5 Å². The molecule has 1 heterocycles. The molecule has 0 radical (unpaired) electrons. The van der Waals surface area contributed by atoms with E-state index < -0.39 is 0 Å². The van der Waals surface area contributed by atoms with Gasteiger partial charge in [-0.2, -0.15) is 0 Å². The molecule has 0 unspecified atom stereocenters. The van der Waals surface area contributed by atoms with Crippen LogP contribution in [0.15, 0.2) is 29.4 Å². The summed E-state index contributed by atoms with van der Waals surface area (Å²) in [5.74, 6) is 1.32. The van der Waals surface area contributed by atoms with Gasteiger partial charge >= 0.3 is 0 Å². The van der Waals surface area contributed by atoms with Crippen molar-refractivity contribution in [2.24, 2.45) is 0 Å². The second-order valence-corrected chi connectivity index (χ2v) is 9.45. The molecule has 5 nitrogen and oxygen atoms in total. The number of thioether (sulfide) groups is 1. The van der Waals surface area contributed by atoms with Crippen LogP contribution < -0.4 is 5.32 Å². The Kier molecular flexibility index (Phi) is 9.53. The van der Waals surface area contributed by atoms with Crippen LogP contribution in [-0.2, 0) is 11.3 Å². The van der Waals surface area contributed by atoms with Gasteiger partial charge in [0.25, 0.3) is 0 Å². The van der Waals surface area contributed by atoms with Crippen molar-refractivity contribution in [3.63, 3.8) is 0 Å². The monoisotopic (exact) mass is 448 g/mol. The van der Waals surface area contributed by atoms with Gasteiger partial charge in [-0.25, -0.2) is 0 Å². The predicted octanol–water partition coefficient (Wildman–Crippen LogP) is 6.11. The molecule has 7 heteroatoms. The van der Waals surface area contributed by atoms with E-state index in [4.69, 9.17) is 11.6 Å². The fraction of sp³-hybridized carbons (Fsp3) is 0.609. The third-order valence-electron chi connectivity index (χ3n) is 5.61. The number of rotatable bonds is 12. The minimum atomic E-state index is 0.0917. The Hall–Kier alpha value is -1.53. The molecular formula is C23H33ClN4OS. The fourth-order valence-corrected chi connectivity index (χ4v) is 4.83. The molecule has 30 heavy (non-hydrogen) atoms. The second-order valence-electron chi connectivity index (χ2n) is 8.07. The Morgan fingerprint density at radius 3 is 2.53 bits per heavy atom. The van der Waals surface area contributed by atoms with Crippen molar-refractivity contribution < 1.29 is 4.79 Å². The lowest BCUT2D eigenvalue weighted by Crippen LogP contribution is -2.33. The van der Waals surface area contributed by atoms with E-state index in [1.54, 1.807) is 0 Å². The molecule has 1 aromatic carbocycles. The zero-order valence-electron chi connectivity index (χ0n) is 17.9. The maximum atomic E-state index is 12.4. The van der Waals surface area contributed by atoms with Crippen molar-refractivity contribution in [2.75, 3.05) is 5.75 Å². The Morgan fingerprint density at radius 1 is 1.10 bits per heavy atom. The van der Waals surface area contributed by atoms with Crippen molar-refractivity contribution >= 4 is 29.3 Å². The van der Waals surface area contributed by atoms with E-state index in [0.29, 0.717) is 16.8 Å². The van der Waals surface area contributed by atoms with E-state index in [9.17, 15) is 4.79 Å². The summed E-state index contributed by atoms with van der Waals surface area (Å²) >= 11 is 7.53. The van der Waals surface area contributed by atoms with E-state index in [1.165, 1.54) is 56.7 Å². The highest BCUT2D eigenvalue weighted by atomic mass is 35.5. The molecule has 0 saturated heterocycles. The third-order valence-corrected chi connectivity index (χ3v) is 6.83. The molecule has 3 rings (SSSR count). The molecule has 1 amide bonds. The largest absolute Gasteiger partial charge is 0.353 e. The van der Waals surface area contributed by atoms with Crippen LogP contribution in [0, 0.1) is 0 Å². The second kappa shape index (κ2) is 12.4. The number of carbonyl (C=O) groups is 1. The number of aromatic nitrogens is 3. The van der Waals surface area contributed by atoms with Crippen LogP contribution in [0.1, 0.15) is 71.1 Å². The minimum absolute atomic E-state index is 0.0917. The number of unbranched alkanes of at least 4 members (excludes halogenated alkanes) is 5. The number of hydrogen-bond donors (Lipinski definition) is 1. The number of nitrogens with one attached hydrogen (secondary N) is 1. The van der Waals surface area contributed by atoms with Crippen LogP contribution in [0.2, 0.25) is 5.02 Å². The number of hydrogen-bond acceptors (Lipinski definition) is 4. The van der Waals surface area contributed by atoms with Gasteiger partial charge in [-0.15, -0.1) is 10.2 Å². The van der Waals surface area contributed by atoms with E-state index in [-0.39, 0.29) is 5.91 Å². The van der Waals surface area contributed by atoms with Crippen molar-refractivity contribution in [3.05, 3.63) is 29.3 Å². The standard InChI is InChI=1S/C23H33ClN4OS/c1-2-3-4-5-6-9-16-28-22(18-12-14-19(24)15-13-18)26-27-23(28)30-17-21(29)25-20-10-7-8-11-20/h12-15,20H,2-11,16-17H2,1H3,(H,25,29). The van der Waals surface area contributed by atoms with Crippen molar-refractivity contribution in [3.8, 4) is 11.4 Å². The topological polar surface area (TPSA) is 59.8 Å². The Labute approximate surface area is 189 Å². The zero-order chi connectivity index (χ0) is 21.2. The number of nitrogens with zero attached hydrogens (tertiary/aromatic N) is 3. The Bertz CT molecular complexity index is 787. The van der Waals surface area contributed by atoms with Gasteiger partial charge in [0.15, 0.2) is 11.0 Å². The first-order valence-electron chi connectivity index (χ1n) is 11.3. The van der Waals surface area contributed by atoms with Crippen molar-refractivity contribution in [1.82, 2.24) is 20.1 Å². The van der Waals surface area contributed by atoms with Gasteiger partial charge in [-0.3, -0.25) is 4.79 Å². The quantitative estimate of drug-likeness (QED) is 0.314. The molecule has 0 aliphatic heterocycles. The van der Waals surface area contributed by atoms with Crippen molar-refractivity contribution in [2.45, 2.75) is 88.9 Å². The lowest BCUT2D eigenvalue weighted by Gasteiger charge is -2.12. The SMILES string of the molecule is CCCCCCCCn1c(SCC(=O)NC2CCCC2)nnc1-c1ccc(Cl)cc1. The average Bonchev–Trinajstić information content (AvgIpc) is 3.39. The summed E-state index contributed by atoms with van der Waals surface area (Å²) in [6.45, 7) is 3.10. The molecule has 1 aliphatic carbocycles. The summed E-state index contributed by atoms with van der Waals surface area (Å²) in [4.78, 5) is 12.4. The molecule has 2 aromatic rings. The molecule has 1 N–H and O–H groups in total. The molecule has 1 aromatic heterocycles. The summed E-state index contributed by atoms with van der Waals surface area (Å²) in [5.41, 5.74) is 1.00. The smallest absolute Gasteiger partial charge is 0.230 e. The van der Waals surface area contributed by atoms with Crippen LogP contribution in [0.3, 0.4) is 0 Å². The van der Waals surface area contributed by atoms with Gasteiger partial charge in [0.1, 0.15) is 0 Å². The average molecular weight is 449 g/mol. The summed E-state index contributed by atoms with van der Waals surface area (Å²) < 4.78 is 2.16.